The van der Waals surface area contributed by atoms with Crippen LogP contribution in [-0.2, 0) is 19.4 Å². The average Bonchev–Trinajstić information content (AvgIpc) is 2.58. The van der Waals surface area contributed by atoms with Crippen molar-refractivity contribution in [1.29, 1.82) is 0 Å². The Hall–Kier alpha value is -1.62. The minimum Gasteiger partial charge on any atom is -0.311 e. The number of aryl methyl sites for hydroxylation is 1. The van der Waals surface area contributed by atoms with Crippen molar-refractivity contribution in [2.75, 3.05) is 7.05 Å². The maximum atomic E-state index is 13.1. The van der Waals surface area contributed by atoms with Crippen molar-refractivity contribution in [1.82, 2.24) is 9.63 Å². The van der Waals surface area contributed by atoms with Crippen molar-refractivity contribution in [3.63, 3.8) is 0 Å². The van der Waals surface area contributed by atoms with Gasteiger partial charge in [-0.05, 0) is 56.1 Å². The molecule has 5 nitrogen and oxygen atoms in total. The van der Waals surface area contributed by atoms with Crippen LogP contribution in [0.5, 0.6) is 0 Å². The summed E-state index contributed by atoms with van der Waals surface area (Å²) in [5.74, 6) is -0.0783. The Labute approximate surface area is 149 Å². The molecule has 25 heavy (non-hydrogen) atoms. The molecule has 0 spiro atoms. The third-order valence-electron chi connectivity index (χ3n) is 5.79. The zero-order valence-electron chi connectivity index (χ0n) is 15.3. The van der Waals surface area contributed by atoms with E-state index in [1.54, 1.807) is 6.07 Å². The summed E-state index contributed by atoms with van der Waals surface area (Å²) in [4.78, 5) is 25.4. The van der Waals surface area contributed by atoms with Crippen molar-refractivity contribution in [2.24, 2.45) is 5.92 Å². The van der Waals surface area contributed by atoms with Gasteiger partial charge >= 0.3 is 0 Å². The molecular weight excluding hydrogens is 316 g/mol. The first-order valence-electron chi connectivity index (χ1n) is 9.80. The van der Waals surface area contributed by atoms with Gasteiger partial charge in [-0.1, -0.05) is 32.1 Å². The van der Waals surface area contributed by atoms with Gasteiger partial charge in [-0.15, -0.1) is 0 Å². The number of carbonyl (C=O) groups excluding carboxylic acids is 1. The fraction of sp³-hybridized carbons (Fsp3) is 0.700. The van der Waals surface area contributed by atoms with Crippen LogP contribution in [0.4, 0.5) is 0 Å². The van der Waals surface area contributed by atoms with E-state index < -0.39 is 5.91 Å². The fourth-order valence-corrected chi connectivity index (χ4v) is 4.38. The van der Waals surface area contributed by atoms with Crippen molar-refractivity contribution in [3.8, 4) is 0 Å². The average molecular weight is 346 g/mol. The Kier molecular flexibility index (Phi) is 5.94. The monoisotopic (exact) mass is 346 g/mol. The quantitative estimate of drug-likeness (QED) is 0.672. The third-order valence-corrected chi connectivity index (χ3v) is 5.79. The van der Waals surface area contributed by atoms with Gasteiger partial charge in [0, 0.05) is 19.3 Å². The normalized spacial score (nSPS) is 19.0. The van der Waals surface area contributed by atoms with Gasteiger partial charge in [0.2, 0.25) is 0 Å². The molecule has 1 heterocycles. The van der Waals surface area contributed by atoms with Crippen LogP contribution < -0.4 is 5.56 Å². The molecule has 3 rings (SSSR count). The molecule has 1 aromatic heterocycles. The molecule has 0 radical (unpaired) electrons. The van der Waals surface area contributed by atoms with Crippen molar-refractivity contribution < 1.29 is 10.0 Å². The highest BCUT2D eigenvalue weighted by atomic mass is 16.5. The smallest absolute Gasteiger partial charge is 0.282 e. The van der Waals surface area contributed by atoms with E-state index in [1.807, 2.05) is 4.57 Å². The van der Waals surface area contributed by atoms with E-state index in [1.165, 1.54) is 52.0 Å². The molecule has 0 saturated heterocycles. The van der Waals surface area contributed by atoms with Crippen LogP contribution in [0.1, 0.15) is 79.4 Å². The standard InChI is InChI=1S/C20H30N2O3/c1-21(25)19(23)17-13-16-11-7-2-3-8-12-18(16)22(20(17)24)14-15-9-5-4-6-10-15/h13,15,25H,2-12,14H2,1H3. The number of hydroxylamine groups is 2. The lowest BCUT2D eigenvalue weighted by molar-refractivity contribution is -0.0377. The molecular formula is C20H30N2O3. The number of nitrogens with zero attached hydrogens (tertiary/aromatic N) is 2. The second kappa shape index (κ2) is 8.17. The number of rotatable bonds is 3. The lowest BCUT2D eigenvalue weighted by Crippen LogP contribution is -2.36. The van der Waals surface area contributed by atoms with E-state index in [2.05, 4.69) is 0 Å². The number of hydrogen-bond acceptors (Lipinski definition) is 3. The first kappa shape index (κ1) is 18.2. The zero-order valence-corrected chi connectivity index (χ0v) is 15.3. The minimum atomic E-state index is -0.604. The Morgan fingerprint density at radius 1 is 1.12 bits per heavy atom. The van der Waals surface area contributed by atoms with Crippen LogP contribution >= 0.6 is 0 Å². The topological polar surface area (TPSA) is 62.5 Å². The largest absolute Gasteiger partial charge is 0.311 e. The van der Waals surface area contributed by atoms with E-state index in [-0.39, 0.29) is 11.1 Å². The molecule has 2 aliphatic carbocycles. The third kappa shape index (κ3) is 4.14. The minimum absolute atomic E-state index is 0.111. The van der Waals surface area contributed by atoms with Gasteiger partial charge in [0.1, 0.15) is 5.56 Å². The van der Waals surface area contributed by atoms with Gasteiger partial charge in [0.05, 0.1) is 0 Å². The highest BCUT2D eigenvalue weighted by Gasteiger charge is 2.24. The lowest BCUT2D eigenvalue weighted by Gasteiger charge is -2.27. The van der Waals surface area contributed by atoms with Crippen molar-refractivity contribution >= 4 is 5.91 Å². The lowest BCUT2D eigenvalue weighted by atomic mass is 9.88. The molecule has 1 aromatic rings. The molecule has 138 valence electrons. The number of carbonyl (C=O) groups is 1. The van der Waals surface area contributed by atoms with Gasteiger partial charge in [-0.2, -0.15) is 0 Å². The molecule has 0 atom stereocenters. The van der Waals surface area contributed by atoms with Crippen LogP contribution in [-0.4, -0.2) is 27.8 Å². The second-order valence-electron chi connectivity index (χ2n) is 7.69. The predicted octanol–water partition coefficient (Wildman–Crippen LogP) is 3.55. The van der Waals surface area contributed by atoms with Gasteiger partial charge in [0.25, 0.3) is 11.5 Å². The number of hydrogen-bond donors (Lipinski definition) is 1. The van der Waals surface area contributed by atoms with E-state index in [4.69, 9.17) is 0 Å². The SMILES string of the molecule is CN(O)C(=O)c1cc2c(n(CC3CCCCC3)c1=O)CCCCCC2. The number of aromatic nitrogens is 1. The highest BCUT2D eigenvalue weighted by Crippen LogP contribution is 2.27. The Bertz CT molecular complexity index is 672. The van der Waals surface area contributed by atoms with Crippen LogP contribution in [0.15, 0.2) is 10.9 Å². The summed E-state index contributed by atoms with van der Waals surface area (Å²) >= 11 is 0. The summed E-state index contributed by atoms with van der Waals surface area (Å²) in [5.41, 5.74) is 2.14. The number of fused-ring (bicyclic) bond motifs is 1. The Morgan fingerprint density at radius 2 is 1.76 bits per heavy atom. The molecule has 1 saturated carbocycles. The van der Waals surface area contributed by atoms with Gasteiger partial charge in [-0.3, -0.25) is 14.8 Å². The first-order valence-corrected chi connectivity index (χ1v) is 9.80. The molecule has 0 aliphatic heterocycles. The summed E-state index contributed by atoms with van der Waals surface area (Å²) in [6.07, 6.45) is 12.5. The molecule has 2 aliphatic rings. The maximum Gasteiger partial charge on any atom is 0.282 e. The molecule has 0 aromatic carbocycles. The van der Waals surface area contributed by atoms with Gasteiger partial charge in [-0.25, -0.2) is 5.06 Å². The number of amides is 1. The Balaban J connectivity index is 2.04. The molecule has 0 unspecified atom stereocenters. The molecule has 0 bridgehead atoms. The summed E-state index contributed by atoms with van der Waals surface area (Å²) in [6, 6.07) is 1.75. The van der Waals surface area contributed by atoms with Crippen molar-refractivity contribution in [3.05, 3.63) is 33.2 Å². The summed E-state index contributed by atoms with van der Waals surface area (Å²) in [7, 11) is 1.28. The molecule has 5 heteroatoms. The van der Waals surface area contributed by atoms with Crippen molar-refractivity contribution in [2.45, 2.75) is 77.2 Å². The molecule has 1 amide bonds. The maximum absolute atomic E-state index is 13.1. The second-order valence-corrected chi connectivity index (χ2v) is 7.69. The molecule has 1 N–H and O–H groups in total. The van der Waals surface area contributed by atoms with Crippen LogP contribution in [0.2, 0.25) is 0 Å². The predicted molar refractivity (Wildman–Crippen MR) is 97.0 cm³/mol. The van der Waals surface area contributed by atoms with E-state index >= 15 is 0 Å². The van der Waals surface area contributed by atoms with Gasteiger partial charge in [0.15, 0.2) is 0 Å². The highest BCUT2D eigenvalue weighted by molar-refractivity contribution is 5.93. The Morgan fingerprint density at radius 3 is 2.44 bits per heavy atom. The van der Waals surface area contributed by atoms with E-state index in [0.717, 1.165) is 43.5 Å². The van der Waals surface area contributed by atoms with Gasteiger partial charge < -0.3 is 4.57 Å². The van der Waals surface area contributed by atoms with Crippen LogP contribution in [0.3, 0.4) is 0 Å². The van der Waals surface area contributed by atoms with E-state index in [9.17, 15) is 14.8 Å². The first-order chi connectivity index (χ1) is 12.1. The summed E-state index contributed by atoms with van der Waals surface area (Å²) < 4.78 is 1.88. The fourth-order valence-electron chi connectivity index (χ4n) is 4.38. The summed E-state index contributed by atoms with van der Waals surface area (Å²) in [6.45, 7) is 0.720. The number of pyridine rings is 1. The van der Waals surface area contributed by atoms with Crippen LogP contribution in [0, 0.1) is 5.92 Å². The summed E-state index contributed by atoms with van der Waals surface area (Å²) in [5, 5.41) is 10.1. The van der Waals surface area contributed by atoms with Crippen LogP contribution in [0.25, 0.3) is 0 Å². The zero-order chi connectivity index (χ0) is 17.8. The molecule has 1 fully saturated rings. The van der Waals surface area contributed by atoms with E-state index in [0.29, 0.717) is 11.0 Å².